The van der Waals surface area contributed by atoms with Crippen molar-refractivity contribution in [3.05, 3.63) is 51.5 Å². The normalized spacial score (nSPS) is 10.5. The van der Waals surface area contributed by atoms with E-state index in [1.54, 1.807) is 30.4 Å². The first kappa shape index (κ1) is 16.5. The summed E-state index contributed by atoms with van der Waals surface area (Å²) in [5, 5.41) is 5.91. The van der Waals surface area contributed by atoms with Gasteiger partial charge >= 0.3 is 6.03 Å². The summed E-state index contributed by atoms with van der Waals surface area (Å²) in [7, 11) is 3.44. The molecule has 1 aromatic carbocycles. The fourth-order valence-electron chi connectivity index (χ4n) is 2.10. The molecule has 0 bridgehead atoms. The average molecular weight is 319 g/mol. The summed E-state index contributed by atoms with van der Waals surface area (Å²) in [6.07, 6.45) is 0. The van der Waals surface area contributed by atoms with Gasteiger partial charge in [0.1, 0.15) is 0 Å². The molecule has 0 fully saturated rings. The van der Waals surface area contributed by atoms with E-state index in [2.05, 4.69) is 10.3 Å². The second kappa shape index (κ2) is 7.91. The average Bonchev–Trinajstić information content (AvgIpc) is 2.90. The van der Waals surface area contributed by atoms with Crippen molar-refractivity contribution in [3.63, 3.8) is 0 Å². The second-order valence-electron chi connectivity index (χ2n) is 5.13. The molecule has 5 nitrogen and oxygen atoms in total. The van der Waals surface area contributed by atoms with Crippen molar-refractivity contribution < 1.29 is 9.53 Å². The Bertz CT molecular complexity index is 627. The predicted molar refractivity (Wildman–Crippen MR) is 87.7 cm³/mol. The lowest BCUT2D eigenvalue weighted by atomic mass is 10.1. The van der Waals surface area contributed by atoms with Crippen LogP contribution in [0.5, 0.6) is 0 Å². The zero-order chi connectivity index (χ0) is 15.9. The highest BCUT2D eigenvalue weighted by Gasteiger charge is 2.10. The number of rotatable bonds is 6. The number of carbonyl (C=O) groups is 1. The Labute approximate surface area is 134 Å². The molecule has 0 aliphatic rings. The molecular weight excluding hydrogens is 298 g/mol. The molecule has 0 unspecified atom stereocenters. The molecule has 1 aromatic heterocycles. The minimum atomic E-state index is -0.109. The highest BCUT2D eigenvalue weighted by atomic mass is 32.1. The summed E-state index contributed by atoms with van der Waals surface area (Å²) in [5.74, 6) is 0. The lowest BCUT2D eigenvalue weighted by Gasteiger charge is -2.17. The molecule has 6 heteroatoms. The zero-order valence-corrected chi connectivity index (χ0v) is 13.9. The van der Waals surface area contributed by atoms with Gasteiger partial charge in [0.05, 0.1) is 23.9 Å². The summed E-state index contributed by atoms with van der Waals surface area (Å²) >= 11 is 1.59. The number of hydrogen-bond donors (Lipinski definition) is 1. The van der Waals surface area contributed by atoms with E-state index >= 15 is 0 Å². The first-order valence-electron chi connectivity index (χ1n) is 7.05. The van der Waals surface area contributed by atoms with E-state index in [9.17, 15) is 4.79 Å². The third kappa shape index (κ3) is 4.82. The maximum atomic E-state index is 12.1. The molecule has 1 N–H and O–H groups in total. The van der Waals surface area contributed by atoms with Crippen LogP contribution in [0.2, 0.25) is 0 Å². The number of urea groups is 1. The van der Waals surface area contributed by atoms with Gasteiger partial charge in [0.25, 0.3) is 0 Å². The van der Waals surface area contributed by atoms with Crippen LogP contribution in [0.15, 0.2) is 29.6 Å². The Morgan fingerprint density at radius 1 is 1.41 bits per heavy atom. The number of nitrogens with one attached hydrogen (secondary N) is 1. The quantitative estimate of drug-likeness (QED) is 0.890. The van der Waals surface area contributed by atoms with Crippen LogP contribution in [0.3, 0.4) is 0 Å². The Kier molecular flexibility index (Phi) is 5.91. The number of hydrogen-bond acceptors (Lipinski definition) is 4. The smallest absolute Gasteiger partial charge is 0.317 e. The lowest BCUT2D eigenvalue weighted by Crippen LogP contribution is -2.36. The number of aromatic nitrogens is 1. The van der Waals surface area contributed by atoms with Crippen LogP contribution < -0.4 is 5.32 Å². The number of nitrogens with zero attached hydrogens (tertiary/aromatic N) is 2. The molecule has 0 saturated carbocycles. The first-order valence-corrected chi connectivity index (χ1v) is 7.93. The van der Waals surface area contributed by atoms with E-state index in [1.165, 1.54) is 0 Å². The van der Waals surface area contributed by atoms with E-state index < -0.39 is 0 Å². The monoisotopic (exact) mass is 319 g/mol. The van der Waals surface area contributed by atoms with Gasteiger partial charge in [-0.2, -0.15) is 0 Å². The van der Waals surface area contributed by atoms with Gasteiger partial charge in [-0.25, -0.2) is 9.78 Å². The summed E-state index contributed by atoms with van der Waals surface area (Å²) in [4.78, 5) is 18.1. The van der Waals surface area contributed by atoms with Gasteiger partial charge in [-0.05, 0) is 18.1 Å². The molecule has 0 spiro atoms. The summed E-state index contributed by atoms with van der Waals surface area (Å²) in [6, 6.07) is 7.89. The number of carbonyl (C=O) groups excluding carboxylic acids is 1. The van der Waals surface area contributed by atoms with Gasteiger partial charge in [-0.15, -0.1) is 11.3 Å². The molecule has 0 saturated heterocycles. The molecule has 0 radical (unpaired) electrons. The van der Waals surface area contributed by atoms with Crippen LogP contribution in [0.1, 0.15) is 21.8 Å². The van der Waals surface area contributed by atoms with Gasteiger partial charge in [0.15, 0.2) is 0 Å². The van der Waals surface area contributed by atoms with Crippen molar-refractivity contribution in [2.75, 3.05) is 14.2 Å². The van der Waals surface area contributed by atoms with Crippen LogP contribution in [0.25, 0.3) is 0 Å². The van der Waals surface area contributed by atoms with E-state index in [0.717, 1.165) is 21.8 Å². The molecule has 0 aliphatic carbocycles. The summed E-state index contributed by atoms with van der Waals surface area (Å²) in [6.45, 7) is 3.54. The van der Waals surface area contributed by atoms with Crippen LogP contribution in [-0.2, 0) is 24.4 Å². The highest BCUT2D eigenvalue weighted by Crippen LogP contribution is 2.10. The van der Waals surface area contributed by atoms with Crippen LogP contribution in [0.4, 0.5) is 4.79 Å². The van der Waals surface area contributed by atoms with Gasteiger partial charge < -0.3 is 15.0 Å². The third-order valence-corrected chi connectivity index (χ3v) is 3.98. The zero-order valence-electron chi connectivity index (χ0n) is 13.1. The van der Waals surface area contributed by atoms with Crippen LogP contribution in [-0.4, -0.2) is 30.1 Å². The number of ether oxygens (including phenoxy) is 1. The molecule has 118 valence electrons. The minimum Gasteiger partial charge on any atom is -0.380 e. The fourth-order valence-corrected chi connectivity index (χ4v) is 2.71. The van der Waals surface area contributed by atoms with Crippen molar-refractivity contribution in [1.82, 2.24) is 15.2 Å². The predicted octanol–water partition coefficient (Wildman–Crippen LogP) is 2.94. The Morgan fingerprint density at radius 2 is 2.18 bits per heavy atom. The SMILES string of the molecule is COCc1cccc(CNC(=O)N(C)Cc2csc(C)n2)c1. The fraction of sp³-hybridized carbons (Fsp3) is 0.375. The number of benzene rings is 1. The number of aryl methyl sites for hydroxylation is 1. The second-order valence-corrected chi connectivity index (χ2v) is 6.19. The van der Waals surface area contributed by atoms with Crippen molar-refractivity contribution in [1.29, 1.82) is 0 Å². The van der Waals surface area contributed by atoms with Crippen molar-refractivity contribution in [3.8, 4) is 0 Å². The summed E-state index contributed by atoms with van der Waals surface area (Å²) in [5.41, 5.74) is 3.07. The van der Waals surface area contributed by atoms with Gasteiger partial charge in [-0.1, -0.05) is 24.3 Å². The maximum absolute atomic E-state index is 12.1. The van der Waals surface area contributed by atoms with Crippen molar-refractivity contribution in [2.45, 2.75) is 26.6 Å². The molecule has 0 aliphatic heterocycles. The van der Waals surface area contributed by atoms with Crippen molar-refractivity contribution in [2.24, 2.45) is 0 Å². The molecule has 2 aromatic rings. The number of amides is 2. The van der Waals surface area contributed by atoms with Gasteiger partial charge in [0.2, 0.25) is 0 Å². The highest BCUT2D eigenvalue weighted by molar-refractivity contribution is 7.09. The molecule has 22 heavy (non-hydrogen) atoms. The summed E-state index contributed by atoms with van der Waals surface area (Å²) < 4.78 is 5.11. The van der Waals surface area contributed by atoms with Crippen LogP contribution in [0, 0.1) is 6.92 Å². The Morgan fingerprint density at radius 3 is 2.86 bits per heavy atom. The molecule has 2 rings (SSSR count). The van der Waals surface area contributed by atoms with Crippen molar-refractivity contribution >= 4 is 17.4 Å². The standard InChI is InChI=1S/C16H21N3O2S/c1-12-18-15(11-22-12)9-19(2)16(20)17-8-13-5-4-6-14(7-13)10-21-3/h4-7,11H,8-10H2,1-3H3,(H,17,20). The van der Waals surface area contributed by atoms with E-state index in [0.29, 0.717) is 19.7 Å². The Hall–Kier alpha value is -1.92. The van der Waals surface area contributed by atoms with Gasteiger partial charge in [0, 0.05) is 26.1 Å². The topological polar surface area (TPSA) is 54.5 Å². The largest absolute Gasteiger partial charge is 0.380 e. The molecule has 1 heterocycles. The maximum Gasteiger partial charge on any atom is 0.317 e. The minimum absolute atomic E-state index is 0.109. The molecular formula is C16H21N3O2S. The lowest BCUT2D eigenvalue weighted by molar-refractivity contribution is 0.185. The van der Waals surface area contributed by atoms with Crippen LogP contribution >= 0.6 is 11.3 Å². The molecule has 2 amide bonds. The van der Waals surface area contributed by atoms with E-state index in [1.807, 2.05) is 36.6 Å². The Balaban J connectivity index is 1.85. The number of thiazole rings is 1. The number of methoxy groups -OCH3 is 1. The first-order chi connectivity index (χ1) is 10.6. The third-order valence-electron chi connectivity index (χ3n) is 3.16. The van der Waals surface area contributed by atoms with E-state index in [4.69, 9.17) is 4.74 Å². The van der Waals surface area contributed by atoms with E-state index in [-0.39, 0.29) is 6.03 Å². The van der Waals surface area contributed by atoms with Gasteiger partial charge in [-0.3, -0.25) is 0 Å². The molecule has 0 atom stereocenters.